The van der Waals surface area contributed by atoms with Gasteiger partial charge in [-0.3, -0.25) is 9.78 Å². The number of carboxylic acids is 1. The predicted octanol–water partition coefficient (Wildman–Crippen LogP) is 1.86. The molecule has 1 aliphatic carbocycles. The maximum Gasteiger partial charge on any atom is 0.306 e. The summed E-state index contributed by atoms with van der Waals surface area (Å²) in [5.74, 6) is -0.808. The molecule has 1 aliphatic rings. The van der Waals surface area contributed by atoms with Gasteiger partial charge in [0, 0.05) is 30.9 Å². The first-order valence-electron chi connectivity index (χ1n) is 6.62. The van der Waals surface area contributed by atoms with Gasteiger partial charge in [0.25, 0.3) is 0 Å². The Kier molecular flexibility index (Phi) is 4.70. The van der Waals surface area contributed by atoms with E-state index in [1.54, 1.807) is 6.20 Å². The monoisotopic (exact) mass is 248 g/mol. The molecule has 4 heteroatoms. The molecule has 0 spiro atoms. The van der Waals surface area contributed by atoms with Gasteiger partial charge >= 0.3 is 5.97 Å². The summed E-state index contributed by atoms with van der Waals surface area (Å²) in [6.45, 7) is 0.869. The average molecular weight is 248 g/mol. The second-order valence-corrected chi connectivity index (χ2v) is 4.92. The third kappa shape index (κ3) is 3.81. The van der Waals surface area contributed by atoms with Crippen LogP contribution in [-0.4, -0.2) is 28.6 Å². The zero-order valence-electron chi connectivity index (χ0n) is 10.5. The summed E-state index contributed by atoms with van der Waals surface area (Å²) in [7, 11) is 0. The number of carboxylic acid groups (broad SMARTS) is 1. The number of rotatable bonds is 5. The van der Waals surface area contributed by atoms with Gasteiger partial charge < -0.3 is 10.4 Å². The van der Waals surface area contributed by atoms with Crippen LogP contribution in [0.25, 0.3) is 0 Å². The SMILES string of the molecule is O=C(O)C1CCCC(NCCc2ccccn2)C1. The van der Waals surface area contributed by atoms with Gasteiger partial charge in [-0.05, 0) is 31.4 Å². The van der Waals surface area contributed by atoms with Gasteiger partial charge in [-0.15, -0.1) is 0 Å². The number of hydrogen-bond donors (Lipinski definition) is 2. The lowest BCUT2D eigenvalue weighted by molar-refractivity contribution is -0.143. The molecule has 1 heterocycles. The third-order valence-corrected chi connectivity index (χ3v) is 3.56. The lowest BCUT2D eigenvalue weighted by Gasteiger charge is -2.27. The van der Waals surface area contributed by atoms with Crippen molar-refractivity contribution >= 4 is 5.97 Å². The summed E-state index contributed by atoms with van der Waals surface area (Å²) in [6, 6.07) is 6.27. The second kappa shape index (κ2) is 6.50. The molecule has 0 aliphatic heterocycles. The third-order valence-electron chi connectivity index (χ3n) is 3.56. The van der Waals surface area contributed by atoms with Crippen LogP contribution in [0.2, 0.25) is 0 Å². The van der Waals surface area contributed by atoms with Crippen molar-refractivity contribution in [2.24, 2.45) is 5.92 Å². The molecule has 1 aromatic rings. The first kappa shape index (κ1) is 13.0. The zero-order chi connectivity index (χ0) is 12.8. The molecule has 98 valence electrons. The minimum absolute atomic E-state index is 0.161. The smallest absolute Gasteiger partial charge is 0.306 e. The molecule has 2 rings (SSSR count). The van der Waals surface area contributed by atoms with Crippen molar-refractivity contribution in [2.45, 2.75) is 38.1 Å². The molecule has 0 amide bonds. The molecule has 1 fully saturated rings. The second-order valence-electron chi connectivity index (χ2n) is 4.92. The number of nitrogens with one attached hydrogen (secondary N) is 1. The van der Waals surface area contributed by atoms with Crippen molar-refractivity contribution in [1.29, 1.82) is 0 Å². The lowest BCUT2D eigenvalue weighted by Crippen LogP contribution is -2.37. The molecule has 4 nitrogen and oxygen atoms in total. The van der Waals surface area contributed by atoms with E-state index in [0.29, 0.717) is 6.04 Å². The van der Waals surface area contributed by atoms with Crippen molar-refractivity contribution in [3.63, 3.8) is 0 Å². The van der Waals surface area contributed by atoms with Crippen LogP contribution < -0.4 is 5.32 Å². The van der Waals surface area contributed by atoms with Gasteiger partial charge in [0.15, 0.2) is 0 Å². The van der Waals surface area contributed by atoms with Crippen molar-refractivity contribution in [2.75, 3.05) is 6.54 Å². The standard InChI is InChI=1S/C14H20N2O2/c17-14(18)11-4-3-6-13(10-11)16-9-7-12-5-1-2-8-15-12/h1-2,5,8,11,13,16H,3-4,6-7,9-10H2,(H,17,18). The topological polar surface area (TPSA) is 62.2 Å². The van der Waals surface area contributed by atoms with E-state index in [0.717, 1.165) is 44.3 Å². The number of nitrogens with zero attached hydrogens (tertiary/aromatic N) is 1. The van der Waals surface area contributed by atoms with Crippen LogP contribution in [0.15, 0.2) is 24.4 Å². The highest BCUT2D eigenvalue weighted by atomic mass is 16.4. The molecular weight excluding hydrogens is 228 g/mol. The van der Waals surface area contributed by atoms with Crippen LogP contribution in [-0.2, 0) is 11.2 Å². The maximum atomic E-state index is 11.0. The van der Waals surface area contributed by atoms with Crippen molar-refractivity contribution < 1.29 is 9.90 Å². The fraction of sp³-hybridized carbons (Fsp3) is 0.571. The Morgan fingerprint density at radius 3 is 3.06 bits per heavy atom. The molecule has 0 bridgehead atoms. The summed E-state index contributed by atoms with van der Waals surface area (Å²) in [5, 5.41) is 12.5. The van der Waals surface area contributed by atoms with Gasteiger partial charge in [0.1, 0.15) is 0 Å². The average Bonchev–Trinajstić information content (AvgIpc) is 2.40. The predicted molar refractivity (Wildman–Crippen MR) is 69.3 cm³/mol. The van der Waals surface area contributed by atoms with Crippen molar-refractivity contribution in [3.8, 4) is 0 Å². The summed E-state index contributed by atoms with van der Waals surface area (Å²) < 4.78 is 0. The molecule has 0 radical (unpaired) electrons. The van der Waals surface area contributed by atoms with Crippen LogP contribution in [0.3, 0.4) is 0 Å². The molecule has 1 saturated carbocycles. The Morgan fingerprint density at radius 1 is 1.44 bits per heavy atom. The van der Waals surface area contributed by atoms with Crippen LogP contribution in [0.4, 0.5) is 0 Å². The number of hydrogen-bond acceptors (Lipinski definition) is 3. The van der Waals surface area contributed by atoms with Gasteiger partial charge in [-0.1, -0.05) is 12.5 Å². The van der Waals surface area contributed by atoms with Crippen LogP contribution >= 0.6 is 0 Å². The molecule has 2 atom stereocenters. The van der Waals surface area contributed by atoms with Crippen molar-refractivity contribution in [3.05, 3.63) is 30.1 Å². The summed E-state index contributed by atoms with van der Waals surface area (Å²) in [5.41, 5.74) is 1.08. The van der Waals surface area contributed by atoms with Gasteiger partial charge in [-0.2, -0.15) is 0 Å². The first-order valence-corrected chi connectivity index (χ1v) is 6.62. The van der Waals surface area contributed by atoms with E-state index in [4.69, 9.17) is 5.11 Å². The Hall–Kier alpha value is -1.42. The lowest BCUT2D eigenvalue weighted by atomic mass is 9.86. The van der Waals surface area contributed by atoms with E-state index < -0.39 is 5.97 Å². The summed E-state index contributed by atoms with van der Waals surface area (Å²) in [6.07, 6.45) is 6.39. The Labute approximate surface area is 107 Å². The van der Waals surface area contributed by atoms with Crippen LogP contribution in [0.5, 0.6) is 0 Å². The highest BCUT2D eigenvalue weighted by Gasteiger charge is 2.26. The Bertz CT molecular complexity index is 381. The van der Waals surface area contributed by atoms with Crippen molar-refractivity contribution in [1.82, 2.24) is 10.3 Å². The summed E-state index contributed by atoms with van der Waals surface area (Å²) >= 11 is 0. The minimum atomic E-state index is -0.647. The zero-order valence-corrected chi connectivity index (χ0v) is 10.5. The number of carbonyl (C=O) groups is 1. The highest BCUT2D eigenvalue weighted by molar-refractivity contribution is 5.70. The van der Waals surface area contributed by atoms with E-state index in [1.807, 2.05) is 18.2 Å². The van der Waals surface area contributed by atoms with E-state index in [9.17, 15) is 4.79 Å². The molecule has 18 heavy (non-hydrogen) atoms. The molecular formula is C14H20N2O2. The molecule has 1 aromatic heterocycles. The molecule has 2 unspecified atom stereocenters. The van der Waals surface area contributed by atoms with Gasteiger partial charge in [-0.25, -0.2) is 0 Å². The van der Waals surface area contributed by atoms with Crippen LogP contribution in [0.1, 0.15) is 31.4 Å². The van der Waals surface area contributed by atoms with Gasteiger partial charge in [0.05, 0.1) is 5.92 Å². The summed E-state index contributed by atoms with van der Waals surface area (Å²) in [4.78, 5) is 15.2. The first-order chi connectivity index (χ1) is 8.75. The highest BCUT2D eigenvalue weighted by Crippen LogP contribution is 2.24. The minimum Gasteiger partial charge on any atom is -0.481 e. The maximum absolute atomic E-state index is 11.0. The molecule has 0 aromatic carbocycles. The largest absolute Gasteiger partial charge is 0.481 e. The van der Waals surface area contributed by atoms with E-state index in [-0.39, 0.29) is 5.92 Å². The van der Waals surface area contributed by atoms with E-state index >= 15 is 0 Å². The van der Waals surface area contributed by atoms with Gasteiger partial charge in [0.2, 0.25) is 0 Å². The fourth-order valence-corrected chi connectivity index (χ4v) is 2.55. The van der Waals surface area contributed by atoms with E-state index in [2.05, 4.69) is 10.3 Å². The molecule has 0 saturated heterocycles. The quantitative estimate of drug-likeness (QED) is 0.835. The number of aliphatic carboxylic acids is 1. The number of aromatic nitrogens is 1. The molecule has 2 N–H and O–H groups in total. The number of pyridine rings is 1. The van der Waals surface area contributed by atoms with Crippen LogP contribution in [0, 0.1) is 5.92 Å². The Morgan fingerprint density at radius 2 is 2.33 bits per heavy atom. The Balaban J connectivity index is 1.72. The van der Waals surface area contributed by atoms with E-state index in [1.165, 1.54) is 0 Å². The fourth-order valence-electron chi connectivity index (χ4n) is 2.55. The normalized spacial score (nSPS) is 23.8.